The van der Waals surface area contributed by atoms with Gasteiger partial charge in [0.05, 0.1) is 11.6 Å². The van der Waals surface area contributed by atoms with E-state index in [4.69, 9.17) is 0 Å². The van der Waals surface area contributed by atoms with Crippen molar-refractivity contribution >= 4 is 27.9 Å². The lowest BCUT2D eigenvalue weighted by molar-refractivity contribution is 0.0953. The third-order valence-electron chi connectivity index (χ3n) is 4.76. The van der Waals surface area contributed by atoms with Gasteiger partial charge in [0.25, 0.3) is 5.91 Å². The molecule has 3 rings (SSSR count). The summed E-state index contributed by atoms with van der Waals surface area (Å²) in [6.45, 7) is 0.711. The number of pyridine rings is 1. The summed E-state index contributed by atoms with van der Waals surface area (Å²) in [4.78, 5) is 28.1. The second-order valence-electron chi connectivity index (χ2n) is 6.62. The van der Waals surface area contributed by atoms with Crippen LogP contribution in [-0.4, -0.2) is 30.0 Å². The first-order valence-electron chi connectivity index (χ1n) is 9.11. The van der Waals surface area contributed by atoms with Crippen molar-refractivity contribution in [2.75, 3.05) is 13.1 Å². The quantitative estimate of drug-likeness (QED) is 0.588. The molecule has 2 aromatic rings. The Kier molecular flexibility index (Phi) is 6.81. The van der Waals surface area contributed by atoms with Gasteiger partial charge in [-0.2, -0.15) is 0 Å². The molecule has 1 aromatic heterocycles. The first-order valence-corrected chi connectivity index (χ1v) is 9.91. The molecule has 1 aliphatic rings. The Morgan fingerprint density at radius 1 is 1.11 bits per heavy atom. The summed E-state index contributed by atoms with van der Waals surface area (Å²) in [6, 6.07) is 11.3. The molecule has 1 aromatic carbocycles. The minimum atomic E-state index is -0.217. The highest BCUT2D eigenvalue weighted by Gasteiger charge is 2.29. The van der Waals surface area contributed by atoms with Gasteiger partial charge < -0.3 is 16.0 Å². The predicted octanol–water partition coefficient (Wildman–Crippen LogP) is 3.41. The summed E-state index contributed by atoms with van der Waals surface area (Å²) in [6.07, 6.45) is 6.59. The van der Waals surface area contributed by atoms with Crippen molar-refractivity contribution in [1.29, 1.82) is 0 Å². The maximum atomic E-state index is 12.3. The van der Waals surface area contributed by atoms with E-state index >= 15 is 0 Å². The molecule has 0 bridgehead atoms. The van der Waals surface area contributed by atoms with Crippen molar-refractivity contribution in [2.45, 2.75) is 25.3 Å². The molecule has 7 heteroatoms. The molecule has 1 heterocycles. The van der Waals surface area contributed by atoms with Gasteiger partial charge in [0, 0.05) is 30.0 Å². The van der Waals surface area contributed by atoms with E-state index in [0.29, 0.717) is 24.6 Å². The molecule has 3 N–H and O–H groups in total. The molecule has 0 saturated heterocycles. The highest BCUT2D eigenvalue weighted by molar-refractivity contribution is 9.10. The zero-order valence-electron chi connectivity index (χ0n) is 15.0. The van der Waals surface area contributed by atoms with E-state index in [1.54, 1.807) is 18.3 Å². The standard InChI is InChI=1S/C20H23BrN4O2/c21-17-8-6-15(7-9-17)18(14-3-1-4-14)25-20(27)24-12-11-23-19(26)16-5-2-10-22-13-16/h2,5-10,13-14,18H,1,3-4,11-12H2,(H,23,26)(H2,24,25,27). The van der Waals surface area contributed by atoms with E-state index in [2.05, 4.69) is 36.9 Å². The van der Waals surface area contributed by atoms with Gasteiger partial charge in [0.2, 0.25) is 0 Å². The van der Waals surface area contributed by atoms with Crippen molar-refractivity contribution in [3.8, 4) is 0 Å². The van der Waals surface area contributed by atoms with Crippen LogP contribution >= 0.6 is 15.9 Å². The van der Waals surface area contributed by atoms with Crippen molar-refractivity contribution in [3.05, 3.63) is 64.4 Å². The first-order chi connectivity index (χ1) is 13.1. The van der Waals surface area contributed by atoms with Gasteiger partial charge in [-0.1, -0.05) is 34.5 Å². The summed E-state index contributed by atoms with van der Waals surface area (Å²) < 4.78 is 1.02. The van der Waals surface area contributed by atoms with Gasteiger partial charge in [-0.05, 0) is 48.6 Å². The molecule has 142 valence electrons. The van der Waals surface area contributed by atoms with Gasteiger partial charge in [-0.25, -0.2) is 4.79 Å². The maximum Gasteiger partial charge on any atom is 0.315 e. The van der Waals surface area contributed by atoms with Crippen molar-refractivity contribution in [3.63, 3.8) is 0 Å². The summed E-state index contributed by atoms with van der Waals surface area (Å²) >= 11 is 3.45. The fourth-order valence-electron chi connectivity index (χ4n) is 3.06. The molecule has 3 amide bonds. The second-order valence-corrected chi connectivity index (χ2v) is 7.53. The molecular weight excluding hydrogens is 408 g/mol. The molecule has 0 aliphatic heterocycles. The third kappa shape index (κ3) is 5.53. The van der Waals surface area contributed by atoms with Gasteiger partial charge in [0.1, 0.15) is 0 Å². The van der Waals surface area contributed by atoms with Crippen molar-refractivity contribution in [1.82, 2.24) is 20.9 Å². The van der Waals surface area contributed by atoms with Crippen LogP contribution in [0.4, 0.5) is 4.79 Å². The van der Waals surface area contributed by atoms with E-state index in [9.17, 15) is 9.59 Å². The Labute approximate surface area is 167 Å². The first kappa shape index (κ1) is 19.4. The maximum absolute atomic E-state index is 12.3. The van der Waals surface area contributed by atoms with Crippen LogP contribution in [-0.2, 0) is 0 Å². The number of carbonyl (C=O) groups is 2. The number of hydrogen-bond donors (Lipinski definition) is 3. The number of benzene rings is 1. The van der Waals surface area contributed by atoms with Crippen LogP contribution in [0.2, 0.25) is 0 Å². The molecular formula is C20H23BrN4O2. The number of urea groups is 1. The Balaban J connectivity index is 1.45. The Morgan fingerprint density at radius 3 is 2.48 bits per heavy atom. The molecule has 27 heavy (non-hydrogen) atoms. The Hall–Kier alpha value is -2.41. The highest BCUT2D eigenvalue weighted by Crippen LogP contribution is 2.37. The average Bonchev–Trinajstić information content (AvgIpc) is 2.64. The minimum Gasteiger partial charge on any atom is -0.350 e. The number of halogens is 1. The summed E-state index contributed by atoms with van der Waals surface area (Å²) in [5, 5.41) is 8.66. The average molecular weight is 431 g/mol. The smallest absolute Gasteiger partial charge is 0.315 e. The lowest BCUT2D eigenvalue weighted by Gasteiger charge is -2.34. The van der Waals surface area contributed by atoms with Crippen LogP contribution in [0.5, 0.6) is 0 Å². The van der Waals surface area contributed by atoms with Crippen LogP contribution < -0.4 is 16.0 Å². The number of amides is 3. The summed E-state index contributed by atoms with van der Waals surface area (Å²) in [5.74, 6) is 0.273. The van der Waals surface area contributed by atoms with Crippen LogP contribution in [0.3, 0.4) is 0 Å². The Morgan fingerprint density at radius 2 is 1.85 bits per heavy atom. The molecule has 1 saturated carbocycles. The fraction of sp³-hybridized carbons (Fsp3) is 0.350. The number of carbonyl (C=O) groups excluding carboxylic acids is 2. The van der Waals surface area contributed by atoms with Crippen LogP contribution in [0.25, 0.3) is 0 Å². The number of aromatic nitrogens is 1. The van der Waals surface area contributed by atoms with E-state index in [1.807, 2.05) is 24.3 Å². The number of rotatable bonds is 7. The van der Waals surface area contributed by atoms with E-state index in [-0.39, 0.29) is 18.0 Å². The van der Waals surface area contributed by atoms with E-state index in [1.165, 1.54) is 12.6 Å². The number of hydrogen-bond acceptors (Lipinski definition) is 3. The lowest BCUT2D eigenvalue weighted by atomic mass is 9.77. The molecule has 1 fully saturated rings. The van der Waals surface area contributed by atoms with E-state index < -0.39 is 0 Å². The number of nitrogens with zero attached hydrogens (tertiary/aromatic N) is 1. The zero-order valence-corrected chi connectivity index (χ0v) is 16.5. The largest absolute Gasteiger partial charge is 0.350 e. The zero-order chi connectivity index (χ0) is 19.1. The van der Waals surface area contributed by atoms with Crippen molar-refractivity contribution < 1.29 is 9.59 Å². The molecule has 1 atom stereocenters. The molecule has 1 aliphatic carbocycles. The topological polar surface area (TPSA) is 83.1 Å². The Bertz CT molecular complexity index is 763. The van der Waals surface area contributed by atoms with Gasteiger partial charge in [-0.3, -0.25) is 9.78 Å². The fourth-order valence-corrected chi connectivity index (χ4v) is 3.32. The van der Waals surface area contributed by atoms with Gasteiger partial charge >= 0.3 is 6.03 Å². The minimum absolute atomic E-state index is 0.0110. The van der Waals surface area contributed by atoms with Crippen LogP contribution in [0, 0.1) is 5.92 Å². The van der Waals surface area contributed by atoms with Crippen LogP contribution in [0.15, 0.2) is 53.3 Å². The van der Waals surface area contributed by atoms with Crippen molar-refractivity contribution in [2.24, 2.45) is 5.92 Å². The van der Waals surface area contributed by atoms with Gasteiger partial charge in [0.15, 0.2) is 0 Å². The monoisotopic (exact) mass is 430 g/mol. The summed E-state index contributed by atoms with van der Waals surface area (Å²) in [7, 11) is 0. The van der Waals surface area contributed by atoms with E-state index in [0.717, 1.165) is 22.9 Å². The molecule has 0 radical (unpaired) electrons. The summed E-state index contributed by atoms with van der Waals surface area (Å²) in [5.41, 5.74) is 1.62. The molecule has 1 unspecified atom stereocenters. The third-order valence-corrected chi connectivity index (χ3v) is 5.29. The second kappa shape index (κ2) is 9.50. The number of nitrogens with one attached hydrogen (secondary N) is 3. The molecule has 6 nitrogen and oxygen atoms in total. The normalized spacial score (nSPS) is 14.7. The predicted molar refractivity (Wildman–Crippen MR) is 107 cm³/mol. The lowest BCUT2D eigenvalue weighted by Crippen LogP contribution is -2.44. The SMILES string of the molecule is O=C(NCCNC(=O)c1cccnc1)NC(c1ccc(Br)cc1)C1CCC1. The highest BCUT2D eigenvalue weighted by atomic mass is 79.9. The van der Waals surface area contributed by atoms with Crippen LogP contribution in [0.1, 0.15) is 41.2 Å². The van der Waals surface area contributed by atoms with Gasteiger partial charge in [-0.15, -0.1) is 0 Å². The molecule has 0 spiro atoms.